The van der Waals surface area contributed by atoms with Gasteiger partial charge in [-0.15, -0.1) is 0 Å². The first kappa shape index (κ1) is 19.0. The molecule has 0 aliphatic heterocycles. The van der Waals surface area contributed by atoms with Crippen molar-refractivity contribution in [3.05, 3.63) is 0 Å². The Labute approximate surface area is 134 Å². The van der Waals surface area contributed by atoms with Crippen LogP contribution in [0.2, 0.25) is 0 Å². The third-order valence-electron chi connectivity index (χ3n) is 5.31. The van der Waals surface area contributed by atoms with Crippen LogP contribution >= 0.6 is 0 Å². The van der Waals surface area contributed by atoms with Crippen molar-refractivity contribution in [2.75, 3.05) is 20.6 Å². The summed E-state index contributed by atoms with van der Waals surface area (Å²) in [6, 6.07) is 1.42. The van der Waals surface area contributed by atoms with Gasteiger partial charge in [0.2, 0.25) is 0 Å². The Kier molecular flexibility index (Phi) is 7.70. The lowest BCUT2D eigenvalue weighted by Crippen LogP contribution is -2.42. The molecule has 1 aliphatic rings. The Morgan fingerprint density at radius 3 is 2.24 bits per heavy atom. The van der Waals surface area contributed by atoms with Gasteiger partial charge in [-0.25, -0.2) is 0 Å². The fraction of sp³-hybridized carbons (Fsp3) is 1.00. The lowest BCUT2D eigenvalue weighted by atomic mass is 9.76. The predicted octanol–water partition coefficient (Wildman–Crippen LogP) is 4.55. The number of hydrogen-bond acceptors (Lipinski definition) is 2. The quantitative estimate of drug-likeness (QED) is 0.724. The molecule has 1 rings (SSSR count). The van der Waals surface area contributed by atoms with Crippen LogP contribution < -0.4 is 5.32 Å². The second-order valence-electron chi connectivity index (χ2n) is 8.92. The minimum absolute atomic E-state index is 0.485. The van der Waals surface area contributed by atoms with Crippen molar-refractivity contribution in [3.8, 4) is 0 Å². The van der Waals surface area contributed by atoms with Gasteiger partial charge in [0.05, 0.1) is 0 Å². The molecule has 0 heterocycles. The first-order chi connectivity index (χ1) is 9.70. The van der Waals surface area contributed by atoms with E-state index in [-0.39, 0.29) is 0 Å². The number of hydrogen-bond donors (Lipinski definition) is 1. The van der Waals surface area contributed by atoms with E-state index in [1.807, 2.05) is 0 Å². The highest BCUT2D eigenvalue weighted by Crippen LogP contribution is 2.36. The van der Waals surface area contributed by atoms with E-state index >= 15 is 0 Å². The van der Waals surface area contributed by atoms with Crippen molar-refractivity contribution >= 4 is 0 Å². The SMILES string of the molecule is CC(C)CC(CNC1CCCC(C(C)(C)C)CC1)N(C)C. The highest BCUT2D eigenvalue weighted by Gasteiger charge is 2.28. The van der Waals surface area contributed by atoms with Crippen LogP contribution in [0.25, 0.3) is 0 Å². The van der Waals surface area contributed by atoms with Crippen molar-refractivity contribution in [2.45, 2.75) is 85.2 Å². The molecule has 0 radical (unpaired) electrons. The van der Waals surface area contributed by atoms with Gasteiger partial charge in [-0.2, -0.15) is 0 Å². The standard InChI is InChI=1S/C19H40N2/c1-15(2)13-18(21(6)7)14-20-17-10-8-9-16(11-12-17)19(3,4)5/h15-18,20H,8-14H2,1-7H3. The van der Waals surface area contributed by atoms with E-state index in [2.05, 4.69) is 58.9 Å². The van der Waals surface area contributed by atoms with Gasteiger partial charge in [-0.05, 0) is 63.5 Å². The molecule has 1 fully saturated rings. The van der Waals surface area contributed by atoms with Crippen LogP contribution in [0.15, 0.2) is 0 Å². The van der Waals surface area contributed by atoms with Crippen LogP contribution in [0, 0.1) is 17.3 Å². The summed E-state index contributed by atoms with van der Waals surface area (Å²) in [5, 5.41) is 3.88. The van der Waals surface area contributed by atoms with Gasteiger partial charge in [0.25, 0.3) is 0 Å². The largest absolute Gasteiger partial charge is 0.312 e. The van der Waals surface area contributed by atoms with Crippen molar-refractivity contribution in [3.63, 3.8) is 0 Å². The first-order valence-electron chi connectivity index (χ1n) is 9.10. The molecule has 0 bridgehead atoms. The average molecular weight is 297 g/mol. The maximum absolute atomic E-state index is 3.88. The maximum Gasteiger partial charge on any atom is 0.0217 e. The highest BCUT2D eigenvalue weighted by molar-refractivity contribution is 4.82. The van der Waals surface area contributed by atoms with Gasteiger partial charge < -0.3 is 10.2 Å². The molecule has 0 aromatic carbocycles. The predicted molar refractivity (Wildman–Crippen MR) is 94.8 cm³/mol. The smallest absolute Gasteiger partial charge is 0.0217 e. The van der Waals surface area contributed by atoms with E-state index in [1.165, 1.54) is 38.5 Å². The second-order valence-corrected chi connectivity index (χ2v) is 8.92. The van der Waals surface area contributed by atoms with E-state index in [0.29, 0.717) is 11.5 Å². The van der Waals surface area contributed by atoms with Crippen LogP contribution in [0.3, 0.4) is 0 Å². The lowest BCUT2D eigenvalue weighted by Gasteiger charge is -2.30. The summed E-state index contributed by atoms with van der Waals surface area (Å²) in [5.74, 6) is 1.68. The first-order valence-corrected chi connectivity index (χ1v) is 9.10. The molecule has 1 N–H and O–H groups in total. The molecule has 2 nitrogen and oxygen atoms in total. The van der Waals surface area contributed by atoms with E-state index in [0.717, 1.165) is 24.4 Å². The van der Waals surface area contributed by atoms with E-state index < -0.39 is 0 Å². The monoisotopic (exact) mass is 296 g/mol. The Morgan fingerprint density at radius 1 is 1.05 bits per heavy atom. The summed E-state index contributed by atoms with van der Waals surface area (Å²) in [6.07, 6.45) is 8.24. The van der Waals surface area contributed by atoms with Gasteiger partial charge in [0, 0.05) is 18.6 Å². The van der Waals surface area contributed by atoms with E-state index in [1.54, 1.807) is 0 Å². The van der Waals surface area contributed by atoms with Gasteiger partial charge in [0.1, 0.15) is 0 Å². The summed E-state index contributed by atoms with van der Waals surface area (Å²) in [4.78, 5) is 2.39. The zero-order chi connectivity index (χ0) is 16.0. The van der Waals surface area contributed by atoms with Crippen molar-refractivity contribution in [2.24, 2.45) is 17.3 Å². The van der Waals surface area contributed by atoms with Crippen LogP contribution in [0.4, 0.5) is 0 Å². The molecule has 2 heteroatoms. The Hall–Kier alpha value is -0.0800. The highest BCUT2D eigenvalue weighted by atomic mass is 15.1. The minimum atomic E-state index is 0.485. The number of nitrogens with zero attached hydrogens (tertiary/aromatic N) is 1. The van der Waals surface area contributed by atoms with E-state index in [9.17, 15) is 0 Å². The fourth-order valence-electron chi connectivity index (χ4n) is 3.70. The second kappa shape index (κ2) is 8.53. The fourth-order valence-corrected chi connectivity index (χ4v) is 3.70. The average Bonchev–Trinajstić information content (AvgIpc) is 2.58. The summed E-state index contributed by atoms with van der Waals surface area (Å²) in [5.41, 5.74) is 0.485. The normalized spacial score (nSPS) is 26.1. The van der Waals surface area contributed by atoms with Crippen LogP contribution in [-0.4, -0.2) is 37.6 Å². The maximum atomic E-state index is 3.88. The van der Waals surface area contributed by atoms with Gasteiger partial charge >= 0.3 is 0 Å². The van der Waals surface area contributed by atoms with Crippen molar-refractivity contribution in [1.82, 2.24) is 10.2 Å². The molecule has 3 atom stereocenters. The Balaban J connectivity index is 2.41. The molecule has 0 spiro atoms. The van der Waals surface area contributed by atoms with Crippen molar-refractivity contribution < 1.29 is 0 Å². The molecule has 0 aromatic heterocycles. The summed E-state index contributed by atoms with van der Waals surface area (Å²) in [6.45, 7) is 13.0. The number of likely N-dealkylation sites (N-methyl/N-ethyl adjacent to an activating group) is 1. The molecular weight excluding hydrogens is 256 g/mol. The number of rotatable bonds is 6. The third-order valence-corrected chi connectivity index (χ3v) is 5.31. The lowest BCUT2D eigenvalue weighted by molar-refractivity contribution is 0.211. The molecule has 0 saturated heterocycles. The molecule has 1 aliphatic carbocycles. The molecule has 3 unspecified atom stereocenters. The summed E-state index contributed by atoms with van der Waals surface area (Å²) in [7, 11) is 4.44. The van der Waals surface area contributed by atoms with Gasteiger partial charge in [-0.1, -0.05) is 41.0 Å². The molecule has 1 saturated carbocycles. The zero-order valence-corrected chi connectivity index (χ0v) is 15.7. The van der Waals surface area contributed by atoms with Crippen LogP contribution in [0.5, 0.6) is 0 Å². The molecule has 0 amide bonds. The van der Waals surface area contributed by atoms with E-state index in [4.69, 9.17) is 0 Å². The number of nitrogens with one attached hydrogen (secondary N) is 1. The summed E-state index contributed by atoms with van der Waals surface area (Å²) < 4.78 is 0. The molecule has 0 aromatic rings. The summed E-state index contributed by atoms with van der Waals surface area (Å²) >= 11 is 0. The third kappa shape index (κ3) is 7.15. The molecule has 21 heavy (non-hydrogen) atoms. The zero-order valence-electron chi connectivity index (χ0n) is 15.7. The van der Waals surface area contributed by atoms with Crippen LogP contribution in [-0.2, 0) is 0 Å². The Morgan fingerprint density at radius 2 is 1.71 bits per heavy atom. The van der Waals surface area contributed by atoms with Gasteiger partial charge in [0.15, 0.2) is 0 Å². The van der Waals surface area contributed by atoms with Crippen molar-refractivity contribution in [1.29, 1.82) is 0 Å². The topological polar surface area (TPSA) is 15.3 Å². The molecule has 126 valence electrons. The minimum Gasteiger partial charge on any atom is -0.312 e. The van der Waals surface area contributed by atoms with Gasteiger partial charge in [-0.3, -0.25) is 0 Å². The Bertz CT molecular complexity index is 278. The molecular formula is C19H40N2. The van der Waals surface area contributed by atoms with Crippen LogP contribution in [0.1, 0.15) is 73.1 Å².